The number of alkyl halides is 3. The molecule has 0 radical (unpaired) electrons. The molecule has 1 saturated heterocycles. The SMILES string of the molecule is COc1ccc(S(=O)(=O)N2C(=O)C(c3cc(CCN(C)C)ccc3OC)(N3C[C@H](O)C[C@H]3C(=O)N(C)C)c3cc(Cl)ccc32)c(OC(F)(F)F)c1. The summed E-state index contributed by atoms with van der Waals surface area (Å²) < 4.78 is 85.8. The molecule has 2 amide bonds. The number of amides is 2. The van der Waals surface area contributed by atoms with E-state index in [1.165, 1.54) is 56.3 Å². The van der Waals surface area contributed by atoms with E-state index in [9.17, 15) is 31.5 Å². The Morgan fingerprint density at radius 1 is 1.00 bits per heavy atom. The molecule has 17 heteroatoms. The fourth-order valence-corrected chi connectivity index (χ4v) is 8.40. The molecule has 1 N–H and O–H groups in total. The second-order valence-corrected chi connectivity index (χ2v) is 14.9. The average molecular weight is 755 g/mol. The van der Waals surface area contributed by atoms with Gasteiger partial charge in [-0.05, 0) is 75.0 Å². The first-order valence-electron chi connectivity index (χ1n) is 15.7. The van der Waals surface area contributed by atoms with Crippen molar-refractivity contribution in [2.24, 2.45) is 0 Å². The molecule has 51 heavy (non-hydrogen) atoms. The van der Waals surface area contributed by atoms with Crippen LogP contribution in [0.3, 0.4) is 0 Å². The van der Waals surface area contributed by atoms with Gasteiger partial charge in [-0.1, -0.05) is 17.7 Å². The van der Waals surface area contributed by atoms with Gasteiger partial charge in [-0.15, -0.1) is 13.2 Å². The van der Waals surface area contributed by atoms with Gasteiger partial charge >= 0.3 is 6.36 Å². The number of sulfonamides is 1. The van der Waals surface area contributed by atoms with E-state index in [1.54, 1.807) is 18.2 Å². The molecular formula is C34H38ClF3N4O8S. The topological polar surface area (TPSA) is 129 Å². The number of likely N-dealkylation sites (N-methyl/N-ethyl adjacent to an activating group) is 2. The third-order valence-electron chi connectivity index (χ3n) is 8.89. The van der Waals surface area contributed by atoms with E-state index in [0.717, 1.165) is 23.8 Å². The number of likely N-dealkylation sites (tertiary alicyclic amines) is 1. The quantitative estimate of drug-likeness (QED) is 0.308. The molecule has 0 aromatic heterocycles. The summed E-state index contributed by atoms with van der Waals surface area (Å²) in [6.45, 7) is 0.325. The fourth-order valence-electron chi connectivity index (χ4n) is 6.67. The van der Waals surface area contributed by atoms with Gasteiger partial charge in [0.05, 0.1) is 32.1 Å². The van der Waals surface area contributed by atoms with Gasteiger partial charge in [0.2, 0.25) is 5.91 Å². The number of ether oxygens (including phenoxy) is 3. The number of aliphatic hydroxyl groups excluding tert-OH is 1. The van der Waals surface area contributed by atoms with Crippen molar-refractivity contribution in [2.75, 3.05) is 59.8 Å². The fraction of sp³-hybridized carbons (Fsp3) is 0.412. The van der Waals surface area contributed by atoms with Gasteiger partial charge in [0.25, 0.3) is 15.9 Å². The van der Waals surface area contributed by atoms with E-state index in [-0.39, 0.29) is 46.3 Å². The second-order valence-electron chi connectivity index (χ2n) is 12.7. The molecule has 3 aromatic rings. The molecule has 5 rings (SSSR count). The number of β-amino-alcohol motifs (C(OH)–C–C–N with tert-alkyl or cyclic N) is 1. The molecule has 0 saturated carbocycles. The number of halogens is 4. The van der Waals surface area contributed by atoms with Crippen molar-refractivity contribution < 1.29 is 50.5 Å². The van der Waals surface area contributed by atoms with E-state index in [2.05, 4.69) is 4.74 Å². The standard InChI is InChI=1S/C34H38ClF3N4O8S/c1-39(2)14-13-20-7-11-28(49-6)25(15-20)33(41-19-22(43)17-27(41)31(44)40(3)4)24-16-21(35)8-10-26(24)42(32(33)45)51(46,47)30-12-9-23(48-5)18-29(30)50-34(36,37)38/h7-12,15-16,18,22,27,43H,13-14,17,19H2,1-6H3/t22-,27+,33?/m1/s1. The maximum absolute atomic E-state index is 15.5. The Labute approximate surface area is 298 Å². The maximum atomic E-state index is 15.5. The van der Waals surface area contributed by atoms with Gasteiger partial charge in [0.15, 0.2) is 11.3 Å². The number of aliphatic hydroxyl groups is 1. The van der Waals surface area contributed by atoms with Crippen molar-refractivity contribution in [3.05, 3.63) is 76.3 Å². The minimum atomic E-state index is -5.31. The first kappa shape index (κ1) is 38.1. The smallest absolute Gasteiger partial charge is 0.497 e. The van der Waals surface area contributed by atoms with Crippen LogP contribution in [0.4, 0.5) is 18.9 Å². The summed E-state index contributed by atoms with van der Waals surface area (Å²) in [7, 11) is 4.06. The summed E-state index contributed by atoms with van der Waals surface area (Å²) in [5, 5.41) is 11.2. The first-order valence-corrected chi connectivity index (χ1v) is 17.5. The largest absolute Gasteiger partial charge is 0.573 e. The average Bonchev–Trinajstić information content (AvgIpc) is 3.56. The highest BCUT2D eigenvalue weighted by molar-refractivity contribution is 7.93. The molecule has 0 bridgehead atoms. The molecule has 1 unspecified atom stereocenters. The maximum Gasteiger partial charge on any atom is 0.573 e. The number of methoxy groups -OCH3 is 2. The van der Waals surface area contributed by atoms with Crippen molar-refractivity contribution in [1.82, 2.24) is 14.7 Å². The lowest BCUT2D eigenvalue weighted by atomic mass is 9.80. The summed E-state index contributed by atoms with van der Waals surface area (Å²) in [6.07, 6.45) is -6.06. The van der Waals surface area contributed by atoms with Crippen LogP contribution in [0.1, 0.15) is 23.1 Å². The Balaban J connectivity index is 1.87. The Bertz CT molecular complexity index is 1940. The van der Waals surface area contributed by atoms with Crippen molar-refractivity contribution in [3.63, 3.8) is 0 Å². The van der Waals surface area contributed by atoms with Crippen molar-refractivity contribution in [3.8, 4) is 17.2 Å². The molecule has 276 valence electrons. The summed E-state index contributed by atoms with van der Waals surface area (Å²) in [4.78, 5) is 33.0. The third-order valence-corrected chi connectivity index (χ3v) is 10.9. The zero-order valence-electron chi connectivity index (χ0n) is 28.7. The predicted molar refractivity (Wildman–Crippen MR) is 182 cm³/mol. The van der Waals surface area contributed by atoms with Gasteiger partial charge in [-0.25, -0.2) is 12.7 Å². The highest BCUT2D eigenvalue weighted by Gasteiger charge is 2.64. The number of carbonyl (C=O) groups excluding carboxylic acids is 2. The number of fused-ring (bicyclic) bond motifs is 1. The molecular weight excluding hydrogens is 717 g/mol. The van der Waals surface area contributed by atoms with Crippen LogP contribution in [0.2, 0.25) is 5.02 Å². The minimum Gasteiger partial charge on any atom is -0.497 e. The summed E-state index contributed by atoms with van der Waals surface area (Å²) in [6, 6.07) is 10.6. The number of hydrogen-bond donors (Lipinski definition) is 1. The number of carbonyl (C=O) groups is 2. The number of benzene rings is 3. The van der Waals surface area contributed by atoms with E-state index < -0.39 is 56.5 Å². The number of nitrogens with zero attached hydrogens (tertiary/aromatic N) is 4. The van der Waals surface area contributed by atoms with Gasteiger partial charge in [-0.2, -0.15) is 0 Å². The van der Waals surface area contributed by atoms with E-state index in [0.29, 0.717) is 17.3 Å². The minimum absolute atomic E-state index is 0.00379. The first-order chi connectivity index (χ1) is 23.9. The Hall–Kier alpha value is -4.09. The lowest BCUT2D eigenvalue weighted by molar-refractivity contribution is -0.275. The van der Waals surface area contributed by atoms with Crippen LogP contribution in [0, 0.1) is 0 Å². The molecule has 2 aliphatic rings. The normalized spacial score (nSPS) is 20.9. The molecule has 2 heterocycles. The lowest BCUT2D eigenvalue weighted by Crippen LogP contribution is -2.59. The monoisotopic (exact) mass is 754 g/mol. The number of anilines is 1. The number of rotatable bonds is 11. The highest BCUT2D eigenvalue weighted by Crippen LogP contribution is 2.55. The number of hydrogen-bond acceptors (Lipinski definition) is 10. The van der Waals surface area contributed by atoms with Crippen LogP contribution in [0.5, 0.6) is 17.2 Å². The summed E-state index contributed by atoms with van der Waals surface area (Å²) in [5.74, 6) is -2.78. The zero-order chi connectivity index (χ0) is 37.6. The molecule has 3 aromatic carbocycles. The molecule has 0 aliphatic carbocycles. The van der Waals surface area contributed by atoms with Crippen LogP contribution < -0.4 is 18.5 Å². The predicted octanol–water partition coefficient (Wildman–Crippen LogP) is 3.86. The molecule has 12 nitrogen and oxygen atoms in total. The van der Waals surface area contributed by atoms with Crippen molar-refractivity contribution in [2.45, 2.75) is 41.8 Å². The van der Waals surface area contributed by atoms with E-state index in [1.807, 2.05) is 19.0 Å². The zero-order valence-corrected chi connectivity index (χ0v) is 30.3. The van der Waals surface area contributed by atoms with Gasteiger partial charge < -0.3 is 29.1 Å². The third kappa shape index (κ3) is 6.94. The van der Waals surface area contributed by atoms with Crippen molar-refractivity contribution >= 4 is 39.1 Å². The molecule has 1 fully saturated rings. The summed E-state index contributed by atoms with van der Waals surface area (Å²) >= 11 is 6.55. The van der Waals surface area contributed by atoms with Crippen LogP contribution in [0.15, 0.2) is 59.5 Å². The molecule has 2 aliphatic heterocycles. The second kappa shape index (κ2) is 14.1. The Morgan fingerprint density at radius 2 is 1.71 bits per heavy atom. The highest BCUT2D eigenvalue weighted by atomic mass is 35.5. The Morgan fingerprint density at radius 3 is 2.31 bits per heavy atom. The van der Waals surface area contributed by atoms with Gasteiger partial charge in [0, 0.05) is 49.4 Å². The van der Waals surface area contributed by atoms with Gasteiger partial charge in [0.1, 0.15) is 16.4 Å². The van der Waals surface area contributed by atoms with Crippen LogP contribution in [0.25, 0.3) is 0 Å². The molecule has 0 spiro atoms. The van der Waals surface area contributed by atoms with Crippen LogP contribution >= 0.6 is 11.6 Å². The van der Waals surface area contributed by atoms with Crippen molar-refractivity contribution in [1.29, 1.82) is 0 Å². The van der Waals surface area contributed by atoms with E-state index >= 15 is 4.79 Å². The van der Waals surface area contributed by atoms with E-state index in [4.69, 9.17) is 21.1 Å². The Kier molecular flexibility index (Phi) is 10.6. The molecule has 3 atom stereocenters. The van der Waals surface area contributed by atoms with Crippen LogP contribution in [-0.4, -0.2) is 114 Å². The van der Waals surface area contributed by atoms with Crippen LogP contribution in [-0.2, 0) is 31.6 Å². The summed E-state index contributed by atoms with van der Waals surface area (Å²) in [5.41, 5.74) is -1.58. The lowest BCUT2D eigenvalue weighted by Gasteiger charge is -2.42. The van der Waals surface area contributed by atoms with Gasteiger partial charge in [-0.3, -0.25) is 14.5 Å².